The minimum absolute atomic E-state index is 0.0101. The molecule has 0 atom stereocenters. The summed E-state index contributed by atoms with van der Waals surface area (Å²) in [5.41, 5.74) is 1.57. The fourth-order valence-corrected chi connectivity index (χ4v) is 2.63. The molecule has 0 saturated carbocycles. The molecule has 4 heteroatoms. The van der Waals surface area contributed by atoms with Crippen LogP contribution in [0.1, 0.15) is 23.2 Å². The fourth-order valence-electron chi connectivity index (χ4n) is 2.63. The number of amides is 1. The number of carbonyl (C=O) groups is 1. The van der Waals surface area contributed by atoms with Crippen molar-refractivity contribution in [2.24, 2.45) is 0 Å². The van der Waals surface area contributed by atoms with Crippen molar-refractivity contribution in [1.82, 2.24) is 4.98 Å². The Hall–Kier alpha value is -2.36. The summed E-state index contributed by atoms with van der Waals surface area (Å²) in [6.45, 7) is 2.05. The molecule has 1 aromatic carbocycles. The number of benzene rings is 1. The smallest absolute Gasteiger partial charge is 0.258 e. The van der Waals surface area contributed by atoms with Crippen molar-refractivity contribution in [3.05, 3.63) is 54.2 Å². The molecule has 21 heavy (non-hydrogen) atoms. The minimum atomic E-state index is -0.0101. The van der Waals surface area contributed by atoms with Gasteiger partial charge in [0.2, 0.25) is 0 Å². The maximum atomic E-state index is 12.6. The third kappa shape index (κ3) is 2.89. The number of nitrogens with zero attached hydrogens (tertiary/aromatic N) is 3. The van der Waals surface area contributed by atoms with Gasteiger partial charge < -0.3 is 9.80 Å². The first kappa shape index (κ1) is 13.6. The monoisotopic (exact) mass is 281 g/mol. The molecule has 0 aliphatic carbocycles. The third-order valence-electron chi connectivity index (χ3n) is 3.87. The van der Waals surface area contributed by atoms with E-state index >= 15 is 0 Å². The number of anilines is 2. The molecule has 2 aromatic rings. The highest BCUT2D eigenvalue weighted by Gasteiger charge is 2.17. The molecule has 1 amide bonds. The molecule has 108 valence electrons. The summed E-state index contributed by atoms with van der Waals surface area (Å²) in [4.78, 5) is 20.9. The first-order chi connectivity index (χ1) is 10.3. The van der Waals surface area contributed by atoms with Crippen LogP contribution in [0.5, 0.6) is 0 Å². The first-order valence-corrected chi connectivity index (χ1v) is 7.30. The minimum Gasteiger partial charge on any atom is -0.357 e. The van der Waals surface area contributed by atoms with Gasteiger partial charge in [-0.1, -0.05) is 18.2 Å². The lowest BCUT2D eigenvalue weighted by Crippen LogP contribution is -2.27. The summed E-state index contributed by atoms with van der Waals surface area (Å²) in [6.07, 6.45) is 4.12. The van der Waals surface area contributed by atoms with Crippen LogP contribution in [0.25, 0.3) is 0 Å². The molecule has 0 N–H and O–H groups in total. The number of hydrogen-bond donors (Lipinski definition) is 0. The van der Waals surface area contributed by atoms with Crippen molar-refractivity contribution in [1.29, 1.82) is 0 Å². The van der Waals surface area contributed by atoms with Crippen molar-refractivity contribution in [3.63, 3.8) is 0 Å². The van der Waals surface area contributed by atoms with Crippen molar-refractivity contribution in [2.45, 2.75) is 12.8 Å². The zero-order valence-corrected chi connectivity index (χ0v) is 12.2. The summed E-state index contributed by atoms with van der Waals surface area (Å²) in [6, 6.07) is 13.3. The number of rotatable bonds is 3. The van der Waals surface area contributed by atoms with E-state index in [0.29, 0.717) is 5.56 Å². The second kappa shape index (κ2) is 5.95. The quantitative estimate of drug-likeness (QED) is 0.868. The number of hydrogen-bond acceptors (Lipinski definition) is 3. The zero-order chi connectivity index (χ0) is 14.7. The molecular formula is C17H19N3O. The Morgan fingerprint density at radius 2 is 1.86 bits per heavy atom. The molecule has 0 spiro atoms. The van der Waals surface area contributed by atoms with Gasteiger partial charge >= 0.3 is 0 Å². The van der Waals surface area contributed by atoms with Crippen LogP contribution in [-0.2, 0) is 0 Å². The first-order valence-electron chi connectivity index (χ1n) is 7.30. The van der Waals surface area contributed by atoms with E-state index in [2.05, 4.69) is 9.88 Å². The topological polar surface area (TPSA) is 36.4 Å². The molecule has 0 unspecified atom stereocenters. The van der Waals surface area contributed by atoms with Gasteiger partial charge in [0, 0.05) is 37.6 Å². The van der Waals surface area contributed by atoms with E-state index in [-0.39, 0.29) is 5.91 Å². The van der Waals surface area contributed by atoms with Gasteiger partial charge in [0.25, 0.3) is 5.91 Å². The van der Waals surface area contributed by atoms with Crippen molar-refractivity contribution in [3.8, 4) is 0 Å². The number of pyridine rings is 1. The predicted molar refractivity (Wildman–Crippen MR) is 84.9 cm³/mol. The van der Waals surface area contributed by atoms with Crippen LogP contribution in [-0.4, -0.2) is 31.0 Å². The van der Waals surface area contributed by atoms with Crippen LogP contribution in [0.3, 0.4) is 0 Å². The van der Waals surface area contributed by atoms with Gasteiger partial charge in [-0.25, -0.2) is 4.98 Å². The van der Waals surface area contributed by atoms with Gasteiger partial charge in [-0.15, -0.1) is 0 Å². The molecule has 1 fully saturated rings. The van der Waals surface area contributed by atoms with Gasteiger partial charge in [-0.3, -0.25) is 4.79 Å². The summed E-state index contributed by atoms with van der Waals surface area (Å²) in [5, 5.41) is 0. The Balaban J connectivity index is 1.83. The zero-order valence-electron chi connectivity index (χ0n) is 12.2. The van der Waals surface area contributed by atoms with E-state index < -0.39 is 0 Å². The molecule has 1 saturated heterocycles. The summed E-state index contributed by atoms with van der Waals surface area (Å²) < 4.78 is 0. The maximum absolute atomic E-state index is 12.6. The molecule has 1 aliphatic rings. The number of carbonyl (C=O) groups excluding carboxylic acids is 1. The van der Waals surface area contributed by atoms with E-state index in [1.54, 1.807) is 24.2 Å². The third-order valence-corrected chi connectivity index (χ3v) is 3.87. The molecule has 2 heterocycles. The highest BCUT2D eigenvalue weighted by Crippen LogP contribution is 2.20. The largest absolute Gasteiger partial charge is 0.357 e. The molecule has 1 aromatic heterocycles. The Morgan fingerprint density at radius 3 is 2.57 bits per heavy atom. The van der Waals surface area contributed by atoms with Crippen LogP contribution in [0.15, 0.2) is 48.7 Å². The van der Waals surface area contributed by atoms with E-state index in [0.717, 1.165) is 24.6 Å². The summed E-state index contributed by atoms with van der Waals surface area (Å²) >= 11 is 0. The molecule has 3 rings (SSSR count). The highest BCUT2D eigenvalue weighted by molar-refractivity contribution is 6.06. The van der Waals surface area contributed by atoms with Crippen LogP contribution >= 0.6 is 0 Å². The Kier molecular flexibility index (Phi) is 3.86. The molecule has 4 nitrogen and oxygen atoms in total. The van der Waals surface area contributed by atoms with E-state index in [9.17, 15) is 4.79 Å². The van der Waals surface area contributed by atoms with Crippen molar-refractivity contribution in [2.75, 3.05) is 29.9 Å². The van der Waals surface area contributed by atoms with Crippen molar-refractivity contribution < 1.29 is 4.79 Å². The number of aromatic nitrogens is 1. The van der Waals surface area contributed by atoms with Gasteiger partial charge in [-0.05, 0) is 37.1 Å². The molecule has 1 aliphatic heterocycles. The van der Waals surface area contributed by atoms with E-state index in [4.69, 9.17) is 0 Å². The molecule has 0 bridgehead atoms. The Labute approximate surface area is 125 Å². The average molecular weight is 281 g/mol. The van der Waals surface area contributed by atoms with Crippen LogP contribution < -0.4 is 9.80 Å². The van der Waals surface area contributed by atoms with E-state index in [1.165, 1.54) is 12.8 Å². The van der Waals surface area contributed by atoms with E-state index in [1.807, 2.05) is 36.4 Å². The fraction of sp³-hybridized carbons (Fsp3) is 0.294. The molecule has 0 radical (unpaired) electrons. The van der Waals surface area contributed by atoms with Crippen LogP contribution in [0, 0.1) is 0 Å². The second-order valence-corrected chi connectivity index (χ2v) is 5.30. The lowest BCUT2D eigenvalue weighted by Gasteiger charge is -2.20. The second-order valence-electron chi connectivity index (χ2n) is 5.30. The normalized spacial score (nSPS) is 14.2. The average Bonchev–Trinajstić information content (AvgIpc) is 3.09. The lowest BCUT2D eigenvalue weighted by atomic mass is 10.2. The standard InChI is InChI=1S/C17H19N3O/c1-19(15-7-3-2-4-8-15)17(21)14-9-10-18-16(13-14)20-11-5-6-12-20/h2-4,7-10,13H,5-6,11-12H2,1H3. The van der Waals surface area contributed by atoms with Crippen molar-refractivity contribution >= 4 is 17.4 Å². The van der Waals surface area contributed by atoms with Gasteiger partial charge in [0.15, 0.2) is 0 Å². The van der Waals surface area contributed by atoms with Crippen LogP contribution in [0.2, 0.25) is 0 Å². The Morgan fingerprint density at radius 1 is 1.14 bits per heavy atom. The maximum Gasteiger partial charge on any atom is 0.258 e. The number of para-hydroxylation sites is 1. The summed E-state index contributed by atoms with van der Waals surface area (Å²) in [5.74, 6) is 0.892. The van der Waals surface area contributed by atoms with Gasteiger partial charge in [0.1, 0.15) is 5.82 Å². The molecular weight excluding hydrogens is 262 g/mol. The lowest BCUT2D eigenvalue weighted by molar-refractivity contribution is 0.0993. The van der Waals surface area contributed by atoms with Gasteiger partial charge in [0.05, 0.1) is 0 Å². The van der Waals surface area contributed by atoms with Crippen LogP contribution in [0.4, 0.5) is 11.5 Å². The SMILES string of the molecule is CN(C(=O)c1ccnc(N2CCCC2)c1)c1ccccc1. The van der Waals surface area contributed by atoms with Gasteiger partial charge in [-0.2, -0.15) is 0 Å². The summed E-state index contributed by atoms with van der Waals surface area (Å²) in [7, 11) is 1.80. The predicted octanol–water partition coefficient (Wildman–Crippen LogP) is 2.96. The highest BCUT2D eigenvalue weighted by atomic mass is 16.2. The Bertz CT molecular complexity index is 621.